The number of carbonyl (C=O) groups excluding carboxylic acids is 1. The third kappa shape index (κ3) is 5.52. The summed E-state index contributed by atoms with van der Waals surface area (Å²) in [6.45, 7) is 4.63. The number of nitrogens with two attached hydrogens (primary N) is 1. The van der Waals surface area contributed by atoms with Gasteiger partial charge in [0.05, 0.1) is 0 Å². The summed E-state index contributed by atoms with van der Waals surface area (Å²) in [5.41, 5.74) is 7.83. The highest BCUT2D eigenvalue weighted by Crippen LogP contribution is 2.29. The molecule has 2 aromatic rings. The Hall–Kier alpha value is -1.55. The van der Waals surface area contributed by atoms with Gasteiger partial charge in [-0.05, 0) is 17.2 Å². The molecule has 0 spiro atoms. The molecule has 5 heteroatoms. The van der Waals surface area contributed by atoms with Gasteiger partial charge in [-0.15, -0.1) is 12.4 Å². The van der Waals surface area contributed by atoms with Crippen LogP contribution in [0, 0.1) is 0 Å². The van der Waals surface area contributed by atoms with Crippen LogP contribution in [0.2, 0.25) is 5.02 Å². The van der Waals surface area contributed by atoms with Gasteiger partial charge in [-0.3, -0.25) is 4.79 Å². The van der Waals surface area contributed by atoms with Gasteiger partial charge >= 0.3 is 0 Å². The first-order chi connectivity index (χ1) is 10.9. The topological polar surface area (TPSA) is 55.1 Å². The summed E-state index contributed by atoms with van der Waals surface area (Å²) in [5.74, 6) is -0.0542. The summed E-state index contributed by atoms with van der Waals surface area (Å²) in [5, 5.41) is 3.69. The van der Waals surface area contributed by atoms with E-state index in [2.05, 4.69) is 19.2 Å². The van der Waals surface area contributed by atoms with Gasteiger partial charge in [0.15, 0.2) is 0 Å². The van der Waals surface area contributed by atoms with Gasteiger partial charge in [-0.2, -0.15) is 0 Å². The van der Waals surface area contributed by atoms with E-state index < -0.39 is 0 Å². The number of benzene rings is 2. The molecule has 0 aliphatic heterocycles. The first-order valence-electron chi connectivity index (χ1n) is 7.72. The predicted octanol–water partition coefficient (Wildman–Crippen LogP) is 4.25. The van der Waals surface area contributed by atoms with Crippen LogP contribution >= 0.6 is 24.0 Å². The van der Waals surface area contributed by atoms with Crippen LogP contribution in [0.25, 0.3) is 0 Å². The minimum absolute atomic E-state index is 0. The van der Waals surface area contributed by atoms with E-state index in [1.807, 2.05) is 54.6 Å². The second kappa shape index (κ2) is 9.07. The Morgan fingerprint density at radius 1 is 1.12 bits per heavy atom. The van der Waals surface area contributed by atoms with E-state index in [0.29, 0.717) is 11.6 Å². The van der Waals surface area contributed by atoms with E-state index in [0.717, 1.165) is 11.1 Å². The Kier molecular flexibility index (Phi) is 7.74. The maximum Gasteiger partial charge on any atom is 0.221 e. The van der Waals surface area contributed by atoms with Crippen LogP contribution in [0.5, 0.6) is 0 Å². The Morgan fingerprint density at radius 2 is 1.71 bits per heavy atom. The molecule has 3 N–H and O–H groups in total. The molecule has 0 saturated heterocycles. The molecule has 0 heterocycles. The summed E-state index contributed by atoms with van der Waals surface area (Å²) in [4.78, 5) is 12.2. The number of hydrogen-bond donors (Lipinski definition) is 2. The van der Waals surface area contributed by atoms with E-state index >= 15 is 0 Å². The number of nitrogens with one attached hydrogen (secondary N) is 1. The van der Waals surface area contributed by atoms with Crippen LogP contribution in [0.3, 0.4) is 0 Å². The molecular weight excluding hydrogens is 343 g/mol. The van der Waals surface area contributed by atoms with Gasteiger partial charge in [0.2, 0.25) is 5.91 Å². The number of hydrogen-bond acceptors (Lipinski definition) is 2. The van der Waals surface area contributed by atoms with Crippen LogP contribution in [0.4, 0.5) is 0 Å². The second-order valence-electron chi connectivity index (χ2n) is 6.36. The van der Waals surface area contributed by atoms with E-state index in [1.165, 1.54) is 0 Å². The molecule has 0 aliphatic rings. The van der Waals surface area contributed by atoms with Gasteiger partial charge in [0.25, 0.3) is 0 Å². The first kappa shape index (κ1) is 20.5. The molecule has 0 fully saturated rings. The largest absolute Gasteiger partial charge is 0.355 e. The van der Waals surface area contributed by atoms with Crippen molar-refractivity contribution in [2.75, 3.05) is 6.54 Å². The van der Waals surface area contributed by atoms with Gasteiger partial charge in [-0.25, -0.2) is 0 Å². The third-order valence-electron chi connectivity index (χ3n) is 3.96. The molecule has 2 aromatic carbocycles. The highest BCUT2D eigenvalue weighted by molar-refractivity contribution is 6.31. The zero-order valence-electron chi connectivity index (χ0n) is 14.0. The number of halogens is 2. The lowest BCUT2D eigenvalue weighted by molar-refractivity contribution is -0.121. The van der Waals surface area contributed by atoms with Crippen molar-refractivity contribution < 1.29 is 4.79 Å². The number of amides is 1. The Balaban J connectivity index is 0.00000288. The smallest absolute Gasteiger partial charge is 0.221 e. The molecule has 0 aliphatic carbocycles. The summed E-state index contributed by atoms with van der Waals surface area (Å²) in [6, 6.07) is 17.1. The van der Waals surface area contributed by atoms with Gasteiger partial charge in [-0.1, -0.05) is 74.0 Å². The van der Waals surface area contributed by atoms with Gasteiger partial charge in [0, 0.05) is 29.4 Å². The van der Waals surface area contributed by atoms with E-state index in [1.54, 1.807) is 0 Å². The lowest BCUT2D eigenvalue weighted by Gasteiger charge is -2.27. The van der Waals surface area contributed by atoms with Crippen molar-refractivity contribution in [3.05, 3.63) is 70.7 Å². The van der Waals surface area contributed by atoms with Crippen LogP contribution < -0.4 is 11.1 Å². The molecule has 2 rings (SSSR count). The average Bonchev–Trinajstić information content (AvgIpc) is 2.54. The van der Waals surface area contributed by atoms with Crippen LogP contribution in [-0.4, -0.2) is 12.5 Å². The standard InChI is InChI=1S/C19H23ClN2O.ClH/c1-19(2,15-10-6-7-11-16(15)20)13-22-18(23)12-17(21)14-8-4-3-5-9-14;/h3-11,17H,12-13,21H2,1-2H3,(H,22,23);1H. The SMILES string of the molecule is CC(C)(CNC(=O)CC(N)c1ccccc1)c1ccccc1Cl.Cl. The zero-order chi connectivity index (χ0) is 16.9. The first-order valence-corrected chi connectivity index (χ1v) is 8.10. The molecule has 0 radical (unpaired) electrons. The van der Waals surface area contributed by atoms with Crippen molar-refractivity contribution in [2.45, 2.75) is 31.7 Å². The van der Waals surface area contributed by atoms with Gasteiger partial charge in [0.1, 0.15) is 0 Å². The van der Waals surface area contributed by atoms with E-state index in [-0.39, 0.29) is 36.2 Å². The van der Waals surface area contributed by atoms with Crippen molar-refractivity contribution in [1.82, 2.24) is 5.32 Å². The quantitative estimate of drug-likeness (QED) is 0.802. The zero-order valence-corrected chi connectivity index (χ0v) is 15.5. The fourth-order valence-corrected chi connectivity index (χ4v) is 2.91. The minimum atomic E-state index is -0.292. The maximum absolute atomic E-state index is 12.2. The van der Waals surface area contributed by atoms with Crippen molar-refractivity contribution in [1.29, 1.82) is 0 Å². The maximum atomic E-state index is 12.2. The summed E-state index contributed by atoms with van der Waals surface area (Å²) >= 11 is 6.26. The molecule has 0 bridgehead atoms. The lowest BCUT2D eigenvalue weighted by atomic mass is 9.84. The van der Waals surface area contributed by atoms with Gasteiger partial charge < -0.3 is 11.1 Å². The molecule has 24 heavy (non-hydrogen) atoms. The summed E-state index contributed by atoms with van der Waals surface area (Å²) in [7, 11) is 0. The molecule has 130 valence electrons. The molecule has 0 aromatic heterocycles. The number of carbonyl (C=O) groups is 1. The second-order valence-corrected chi connectivity index (χ2v) is 6.77. The molecule has 3 nitrogen and oxygen atoms in total. The Bertz CT molecular complexity index is 659. The fourth-order valence-electron chi connectivity index (χ4n) is 2.51. The predicted molar refractivity (Wildman–Crippen MR) is 103 cm³/mol. The highest BCUT2D eigenvalue weighted by atomic mass is 35.5. The monoisotopic (exact) mass is 366 g/mol. The van der Waals surface area contributed by atoms with Crippen molar-refractivity contribution in [2.24, 2.45) is 5.73 Å². The summed E-state index contributed by atoms with van der Waals surface area (Å²) < 4.78 is 0. The summed E-state index contributed by atoms with van der Waals surface area (Å²) in [6.07, 6.45) is 0.266. The van der Waals surface area contributed by atoms with E-state index in [9.17, 15) is 4.79 Å². The third-order valence-corrected chi connectivity index (χ3v) is 4.29. The van der Waals surface area contributed by atoms with Crippen LogP contribution in [-0.2, 0) is 10.2 Å². The van der Waals surface area contributed by atoms with Crippen molar-refractivity contribution in [3.63, 3.8) is 0 Å². The van der Waals surface area contributed by atoms with E-state index in [4.69, 9.17) is 17.3 Å². The molecule has 0 saturated carbocycles. The fraction of sp³-hybridized carbons (Fsp3) is 0.316. The van der Waals surface area contributed by atoms with Crippen molar-refractivity contribution in [3.8, 4) is 0 Å². The molecule has 1 unspecified atom stereocenters. The Morgan fingerprint density at radius 3 is 2.33 bits per heavy atom. The molecule has 1 amide bonds. The van der Waals surface area contributed by atoms with Crippen molar-refractivity contribution >= 4 is 29.9 Å². The number of rotatable bonds is 6. The normalized spacial score (nSPS) is 12.2. The lowest BCUT2D eigenvalue weighted by Crippen LogP contribution is -2.38. The highest BCUT2D eigenvalue weighted by Gasteiger charge is 2.24. The van der Waals surface area contributed by atoms with Crippen LogP contribution in [0.1, 0.15) is 37.4 Å². The molecular formula is C19H24Cl2N2O. The molecule has 1 atom stereocenters. The van der Waals surface area contributed by atoms with Crippen LogP contribution in [0.15, 0.2) is 54.6 Å². The Labute approximate surface area is 155 Å². The average molecular weight is 367 g/mol. The minimum Gasteiger partial charge on any atom is -0.355 e.